The lowest BCUT2D eigenvalue weighted by molar-refractivity contribution is 0.567. The molecule has 0 heterocycles. The van der Waals surface area contributed by atoms with Crippen LogP contribution >= 0.6 is 0 Å². The van der Waals surface area contributed by atoms with Crippen molar-refractivity contribution in [2.75, 3.05) is 0 Å². The minimum absolute atomic E-state index is 0.262. The van der Waals surface area contributed by atoms with E-state index in [1.54, 1.807) is 12.1 Å². The second-order valence-corrected chi connectivity index (χ2v) is 7.71. The van der Waals surface area contributed by atoms with E-state index < -0.39 is 10.0 Å². The summed E-state index contributed by atoms with van der Waals surface area (Å²) in [5.41, 5.74) is 2.10. The van der Waals surface area contributed by atoms with Gasteiger partial charge in [0, 0.05) is 6.04 Å². The fraction of sp³-hybridized carbons (Fsp3) is 0.333. The van der Waals surface area contributed by atoms with Gasteiger partial charge in [-0.05, 0) is 42.5 Å². The fourth-order valence-corrected chi connectivity index (χ4v) is 3.62. The van der Waals surface area contributed by atoms with Gasteiger partial charge in [0.15, 0.2) is 0 Å². The van der Waals surface area contributed by atoms with E-state index in [0.717, 1.165) is 17.5 Å². The molecule has 0 saturated heterocycles. The normalized spacial score (nSPS) is 13.3. The second-order valence-electron chi connectivity index (χ2n) is 6.00. The summed E-state index contributed by atoms with van der Waals surface area (Å²) in [4.78, 5) is 0.308. The number of hydrogen-bond acceptors (Lipinski definition) is 2. The van der Waals surface area contributed by atoms with Crippen LogP contribution in [0.4, 0.5) is 0 Å². The van der Waals surface area contributed by atoms with E-state index in [2.05, 4.69) is 18.6 Å². The van der Waals surface area contributed by atoms with Crippen molar-refractivity contribution in [3.05, 3.63) is 65.7 Å². The van der Waals surface area contributed by atoms with Gasteiger partial charge in [-0.15, -0.1) is 0 Å². The maximum absolute atomic E-state index is 12.4. The molecule has 2 aromatic rings. The molecule has 3 nitrogen and oxygen atoms in total. The van der Waals surface area contributed by atoms with Crippen LogP contribution in [0, 0.1) is 5.92 Å². The van der Waals surface area contributed by atoms with Crippen molar-refractivity contribution in [1.29, 1.82) is 0 Å². The van der Waals surface area contributed by atoms with Gasteiger partial charge < -0.3 is 0 Å². The number of nitrogens with one attached hydrogen (secondary N) is 1. The SMILES string of the molecule is CC(C)Cc1ccc(S(=O)(=O)NC(C)c2ccccc2)cc1. The summed E-state index contributed by atoms with van der Waals surface area (Å²) in [5.74, 6) is 0.554. The van der Waals surface area contributed by atoms with Gasteiger partial charge in [0.1, 0.15) is 0 Å². The smallest absolute Gasteiger partial charge is 0.207 e. The molecule has 0 aromatic heterocycles. The van der Waals surface area contributed by atoms with Gasteiger partial charge >= 0.3 is 0 Å². The molecule has 1 N–H and O–H groups in total. The summed E-state index contributed by atoms with van der Waals surface area (Å²) in [5, 5.41) is 0. The standard InChI is InChI=1S/C18H23NO2S/c1-14(2)13-16-9-11-18(12-10-16)22(20,21)19-15(3)17-7-5-4-6-8-17/h4-12,14-15,19H,13H2,1-3H3. The number of hydrogen-bond donors (Lipinski definition) is 1. The Hall–Kier alpha value is -1.65. The minimum atomic E-state index is -3.50. The molecule has 118 valence electrons. The molecule has 22 heavy (non-hydrogen) atoms. The zero-order valence-electron chi connectivity index (χ0n) is 13.3. The van der Waals surface area contributed by atoms with Crippen LogP contribution in [-0.4, -0.2) is 8.42 Å². The van der Waals surface area contributed by atoms with E-state index in [9.17, 15) is 8.42 Å². The van der Waals surface area contributed by atoms with E-state index in [0.29, 0.717) is 10.8 Å². The van der Waals surface area contributed by atoms with E-state index in [1.165, 1.54) is 0 Å². The Morgan fingerprint density at radius 2 is 1.50 bits per heavy atom. The van der Waals surface area contributed by atoms with Crippen molar-refractivity contribution < 1.29 is 8.42 Å². The van der Waals surface area contributed by atoms with E-state index in [4.69, 9.17) is 0 Å². The van der Waals surface area contributed by atoms with Gasteiger partial charge in [-0.2, -0.15) is 0 Å². The van der Waals surface area contributed by atoms with Crippen molar-refractivity contribution >= 4 is 10.0 Å². The maximum Gasteiger partial charge on any atom is 0.241 e. The van der Waals surface area contributed by atoms with Gasteiger partial charge in [0.05, 0.1) is 4.90 Å². The number of benzene rings is 2. The van der Waals surface area contributed by atoms with E-state index >= 15 is 0 Å². The first-order chi connectivity index (χ1) is 10.4. The molecule has 0 aliphatic carbocycles. The largest absolute Gasteiger partial charge is 0.241 e. The molecule has 2 aromatic carbocycles. The third-order valence-corrected chi connectivity index (χ3v) is 5.07. The Morgan fingerprint density at radius 3 is 2.05 bits per heavy atom. The highest BCUT2D eigenvalue weighted by Gasteiger charge is 2.18. The first kappa shape index (κ1) is 16.7. The lowest BCUT2D eigenvalue weighted by Crippen LogP contribution is -2.26. The van der Waals surface area contributed by atoms with Gasteiger partial charge in [-0.1, -0.05) is 56.3 Å². The van der Waals surface area contributed by atoms with Gasteiger partial charge in [-0.25, -0.2) is 13.1 Å². The minimum Gasteiger partial charge on any atom is -0.207 e. The molecular weight excluding hydrogens is 294 g/mol. The highest BCUT2D eigenvalue weighted by Crippen LogP contribution is 2.18. The lowest BCUT2D eigenvalue weighted by atomic mass is 10.0. The van der Waals surface area contributed by atoms with Crippen LogP contribution in [-0.2, 0) is 16.4 Å². The molecule has 0 saturated carbocycles. The summed E-state index contributed by atoms with van der Waals surface area (Å²) in [6.07, 6.45) is 0.953. The van der Waals surface area contributed by atoms with Crippen molar-refractivity contribution in [2.45, 2.75) is 38.1 Å². The average Bonchev–Trinajstić information content (AvgIpc) is 2.47. The van der Waals surface area contributed by atoms with Crippen LogP contribution in [0.5, 0.6) is 0 Å². The molecular formula is C18H23NO2S. The van der Waals surface area contributed by atoms with Crippen LogP contribution in [0.3, 0.4) is 0 Å². The zero-order valence-corrected chi connectivity index (χ0v) is 14.1. The molecule has 1 atom stereocenters. The van der Waals surface area contributed by atoms with E-state index in [1.807, 2.05) is 49.4 Å². The van der Waals surface area contributed by atoms with Crippen LogP contribution in [0.25, 0.3) is 0 Å². The second kappa shape index (κ2) is 7.07. The van der Waals surface area contributed by atoms with Crippen LogP contribution in [0.1, 0.15) is 37.9 Å². The van der Waals surface area contributed by atoms with Gasteiger partial charge in [0.2, 0.25) is 10.0 Å². The molecule has 4 heteroatoms. The van der Waals surface area contributed by atoms with Crippen molar-refractivity contribution in [2.24, 2.45) is 5.92 Å². The first-order valence-electron chi connectivity index (χ1n) is 7.54. The monoisotopic (exact) mass is 317 g/mol. The maximum atomic E-state index is 12.4. The first-order valence-corrected chi connectivity index (χ1v) is 9.03. The van der Waals surface area contributed by atoms with Crippen molar-refractivity contribution in [3.63, 3.8) is 0 Å². The van der Waals surface area contributed by atoms with Crippen LogP contribution in [0.2, 0.25) is 0 Å². The molecule has 0 aliphatic rings. The predicted octanol–water partition coefficient (Wildman–Crippen LogP) is 3.92. The molecule has 0 bridgehead atoms. The summed E-state index contributed by atoms with van der Waals surface area (Å²) < 4.78 is 27.6. The quantitative estimate of drug-likeness (QED) is 0.877. The summed E-state index contributed by atoms with van der Waals surface area (Å²) in [6.45, 7) is 6.14. The molecule has 0 radical (unpaired) electrons. The number of sulfonamides is 1. The Morgan fingerprint density at radius 1 is 0.909 bits per heavy atom. The Kier molecular flexibility index (Phi) is 5.37. The third kappa shape index (κ3) is 4.42. The molecule has 0 aliphatic heterocycles. The van der Waals surface area contributed by atoms with E-state index in [-0.39, 0.29) is 6.04 Å². The van der Waals surface area contributed by atoms with Crippen molar-refractivity contribution in [1.82, 2.24) is 4.72 Å². The topological polar surface area (TPSA) is 46.2 Å². The lowest BCUT2D eigenvalue weighted by Gasteiger charge is -2.15. The molecule has 2 rings (SSSR count). The highest BCUT2D eigenvalue weighted by molar-refractivity contribution is 7.89. The highest BCUT2D eigenvalue weighted by atomic mass is 32.2. The zero-order chi connectivity index (χ0) is 16.2. The Labute approximate surface area is 133 Å². The van der Waals surface area contributed by atoms with Crippen LogP contribution in [0.15, 0.2) is 59.5 Å². The average molecular weight is 317 g/mol. The molecule has 1 unspecified atom stereocenters. The molecule has 0 spiro atoms. The summed E-state index contributed by atoms with van der Waals surface area (Å²) >= 11 is 0. The molecule has 0 amide bonds. The summed E-state index contributed by atoms with van der Waals surface area (Å²) in [7, 11) is -3.50. The fourth-order valence-electron chi connectivity index (χ4n) is 2.39. The Bertz CT molecular complexity index is 692. The molecule has 0 fully saturated rings. The van der Waals surface area contributed by atoms with Gasteiger partial charge in [-0.3, -0.25) is 0 Å². The van der Waals surface area contributed by atoms with Gasteiger partial charge in [0.25, 0.3) is 0 Å². The summed E-state index contributed by atoms with van der Waals surface area (Å²) in [6, 6.07) is 16.4. The number of rotatable bonds is 6. The third-order valence-electron chi connectivity index (χ3n) is 3.51. The van der Waals surface area contributed by atoms with Crippen LogP contribution < -0.4 is 4.72 Å². The predicted molar refractivity (Wildman–Crippen MR) is 90.2 cm³/mol. The Balaban J connectivity index is 2.13. The van der Waals surface area contributed by atoms with Crippen molar-refractivity contribution in [3.8, 4) is 0 Å².